The van der Waals surface area contributed by atoms with Crippen LogP contribution in [0.4, 0.5) is 5.69 Å². The molecule has 1 aliphatic heterocycles. The van der Waals surface area contributed by atoms with Gasteiger partial charge >= 0.3 is 5.97 Å². The molecule has 1 aliphatic rings. The molecule has 1 unspecified atom stereocenters. The van der Waals surface area contributed by atoms with Crippen LogP contribution in [0.15, 0.2) is 39.0 Å². The Labute approximate surface area is 183 Å². The van der Waals surface area contributed by atoms with E-state index in [1.807, 2.05) is 19.9 Å². The molecule has 3 N–H and O–H groups in total. The summed E-state index contributed by atoms with van der Waals surface area (Å²) in [6, 6.07) is 6.23. The molecule has 0 aliphatic carbocycles. The van der Waals surface area contributed by atoms with Crippen LogP contribution in [0.2, 0.25) is 0 Å². The zero-order chi connectivity index (χ0) is 22.8. The summed E-state index contributed by atoms with van der Waals surface area (Å²) >= 11 is 0.613. The lowest BCUT2D eigenvalue weighted by Crippen LogP contribution is -2.27. The van der Waals surface area contributed by atoms with Crippen LogP contribution >= 0.6 is 12.0 Å². The van der Waals surface area contributed by atoms with Crippen molar-refractivity contribution >= 4 is 50.3 Å². The Morgan fingerprint density at radius 1 is 1.19 bits per heavy atom. The van der Waals surface area contributed by atoms with Crippen LogP contribution in [-0.2, 0) is 29.7 Å². The van der Waals surface area contributed by atoms with E-state index < -0.39 is 21.5 Å². The number of rotatable bonds is 10. The number of hydrogen-bond donors (Lipinski definition) is 3. The molecule has 0 amide bonds. The fourth-order valence-electron chi connectivity index (χ4n) is 4.03. The summed E-state index contributed by atoms with van der Waals surface area (Å²) in [5.74, 6) is -0.821. The molecule has 0 fully saturated rings. The van der Waals surface area contributed by atoms with E-state index >= 15 is 0 Å². The van der Waals surface area contributed by atoms with Crippen molar-refractivity contribution in [3.05, 3.63) is 29.8 Å². The minimum atomic E-state index is -4.51. The van der Waals surface area contributed by atoms with Crippen molar-refractivity contribution in [2.75, 3.05) is 0 Å². The third kappa shape index (κ3) is 4.92. The van der Waals surface area contributed by atoms with Gasteiger partial charge in [-0.25, -0.2) is 5.26 Å². The number of aliphatic imine (C=N–C) groups is 1. The Bertz CT molecular complexity index is 1150. The van der Waals surface area contributed by atoms with Crippen LogP contribution < -0.4 is 0 Å². The summed E-state index contributed by atoms with van der Waals surface area (Å²) in [5.41, 5.74) is 1.92. The first-order valence-electron chi connectivity index (χ1n) is 9.59. The van der Waals surface area contributed by atoms with Crippen LogP contribution in [-0.4, -0.2) is 35.0 Å². The molecule has 2 aromatic carbocycles. The third-order valence-corrected chi connectivity index (χ3v) is 7.18. The number of hydrogen-bond acceptors (Lipinski definition) is 8. The Morgan fingerprint density at radius 2 is 1.94 bits per heavy atom. The van der Waals surface area contributed by atoms with Crippen molar-refractivity contribution in [2.45, 2.75) is 61.2 Å². The van der Waals surface area contributed by atoms with E-state index in [9.17, 15) is 17.8 Å². The number of carboxylic acid groups (broad SMARTS) is 1. The number of carbonyl (C=O) groups is 1. The first-order valence-corrected chi connectivity index (χ1v) is 11.8. The molecule has 2 aromatic rings. The molecular formula is C20H23NO8S2. The van der Waals surface area contributed by atoms with E-state index in [-0.39, 0.29) is 11.3 Å². The van der Waals surface area contributed by atoms with Crippen LogP contribution in [0.3, 0.4) is 0 Å². The van der Waals surface area contributed by atoms with E-state index in [0.29, 0.717) is 46.2 Å². The molecule has 3 rings (SSSR count). The van der Waals surface area contributed by atoms with Crippen molar-refractivity contribution in [2.24, 2.45) is 4.99 Å². The lowest BCUT2D eigenvalue weighted by Gasteiger charge is -2.28. The maximum Gasteiger partial charge on any atom is 0.303 e. The quantitative estimate of drug-likeness (QED) is 0.145. The minimum Gasteiger partial charge on any atom is -0.481 e. The first-order chi connectivity index (χ1) is 14.6. The van der Waals surface area contributed by atoms with Gasteiger partial charge in [0.2, 0.25) is 0 Å². The third-order valence-electron chi connectivity index (χ3n) is 5.71. The molecule has 1 atom stereocenters. The number of aliphatic carboxylic acids is 1. The molecule has 0 aromatic heterocycles. The van der Waals surface area contributed by atoms with Gasteiger partial charge in [0.25, 0.3) is 10.1 Å². The second-order valence-corrected chi connectivity index (χ2v) is 9.83. The van der Waals surface area contributed by atoms with Gasteiger partial charge in [-0.15, -0.1) is 4.33 Å². The lowest BCUT2D eigenvalue weighted by atomic mass is 9.74. The first kappa shape index (κ1) is 23.6. The molecule has 9 nitrogen and oxygen atoms in total. The molecule has 31 heavy (non-hydrogen) atoms. The summed E-state index contributed by atoms with van der Waals surface area (Å²) in [4.78, 5) is 15.4. The molecular weight excluding hydrogens is 446 g/mol. The topological polar surface area (TPSA) is 143 Å². The molecule has 0 saturated heterocycles. The molecule has 11 heteroatoms. The predicted octanol–water partition coefficient (Wildman–Crippen LogP) is 4.91. The number of benzene rings is 2. The van der Waals surface area contributed by atoms with Gasteiger partial charge in [-0.3, -0.25) is 14.3 Å². The number of fused-ring (bicyclic) bond motifs is 3. The van der Waals surface area contributed by atoms with Crippen molar-refractivity contribution in [1.82, 2.24) is 0 Å². The smallest absolute Gasteiger partial charge is 0.303 e. The Morgan fingerprint density at radius 3 is 2.58 bits per heavy atom. The fraction of sp³-hybridized carbons (Fsp3) is 0.400. The van der Waals surface area contributed by atoms with Gasteiger partial charge in [0.15, 0.2) is 0 Å². The highest BCUT2D eigenvalue weighted by atomic mass is 32.2. The van der Waals surface area contributed by atoms with Gasteiger partial charge in [-0.05, 0) is 54.3 Å². The summed E-state index contributed by atoms with van der Waals surface area (Å²) in [6.07, 6.45) is 2.91. The summed E-state index contributed by atoms with van der Waals surface area (Å²) in [6.45, 7) is 3.93. The number of carboxylic acids is 1. The summed E-state index contributed by atoms with van der Waals surface area (Å²) in [5, 5.41) is 22.2. The Balaban J connectivity index is 2.08. The average Bonchev–Trinajstić information content (AvgIpc) is 2.95. The highest BCUT2D eigenvalue weighted by molar-refractivity contribution is 7.94. The zero-order valence-corrected chi connectivity index (χ0v) is 18.6. The van der Waals surface area contributed by atoms with E-state index in [4.69, 9.17) is 10.4 Å². The highest BCUT2D eigenvalue weighted by Crippen LogP contribution is 2.48. The maximum atomic E-state index is 11.9. The van der Waals surface area contributed by atoms with Gasteiger partial charge in [0, 0.05) is 22.4 Å². The van der Waals surface area contributed by atoms with Crippen molar-refractivity contribution in [3.63, 3.8) is 0 Å². The SMILES string of the molecule is CC1=Nc2ccc3c(SOOO)cc(S(=O)(=O)O)cc3c2C1(C)CCCCCC(=O)O. The second-order valence-electron chi connectivity index (χ2n) is 7.66. The van der Waals surface area contributed by atoms with E-state index in [0.717, 1.165) is 24.1 Å². The number of unbranched alkanes of at least 4 members (excludes halogenated alkanes) is 2. The fourth-order valence-corrected chi connectivity index (χ4v) is 5.18. The van der Waals surface area contributed by atoms with Crippen molar-refractivity contribution < 1.29 is 37.5 Å². The molecule has 0 radical (unpaired) electrons. The van der Waals surface area contributed by atoms with Gasteiger partial charge in [0.1, 0.15) is 0 Å². The average molecular weight is 470 g/mol. The molecule has 1 heterocycles. The van der Waals surface area contributed by atoms with Gasteiger partial charge in [0.05, 0.1) is 22.6 Å². The summed E-state index contributed by atoms with van der Waals surface area (Å²) in [7, 11) is -4.51. The Kier molecular flexibility index (Phi) is 7.04. The zero-order valence-electron chi connectivity index (χ0n) is 17.0. The molecule has 0 bridgehead atoms. The van der Waals surface area contributed by atoms with Crippen molar-refractivity contribution in [3.8, 4) is 0 Å². The van der Waals surface area contributed by atoms with Gasteiger partial charge < -0.3 is 5.11 Å². The van der Waals surface area contributed by atoms with Gasteiger partial charge in [-0.2, -0.15) is 8.42 Å². The largest absolute Gasteiger partial charge is 0.481 e. The molecule has 0 spiro atoms. The van der Waals surface area contributed by atoms with Crippen LogP contribution in [0, 0.1) is 0 Å². The molecule has 168 valence electrons. The highest BCUT2D eigenvalue weighted by Gasteiger charge is 2.38. The van der Waals surface area contributed by atoms with Crippen LogP contribution in [0.1, 0.15) is 51.5 Å². The monoisotopic (exact) mass is 469 g/mol. The van der Waals surface area contributed by atoms with E-state index in [2.05, 4.69) is 14.4 Å². The molecule has 0 saturated carbocycles. The van der Waals surface area contributed by atoms with Crippen molar-refractivity contribution in [1.29, 1.82) is 0 Å². The predicted molar refractivity (Wildman–Crippen MR) is 115 cm³/mol. The van der Waals surface area contributed by atoms with E-state index in [1.165, 1.54) is 12.1 Å². The normalized spacial score (nSPS) is 18.3. The Hall–Kier alpha value is -2.02. The second kappa shape index (κ2) is 9.23. The van der Waals surface area contributed by atoms with Crippen LogP contribution in [0.25, 0.3) is 10.8 Å². The standard InChI is InChI=1S/C20H23NO8S2/c1-12-20(2,9-5-3-4-6-18(22)23)19-15-10-13(31(25,26)27)11-17(30-29-28-24)14(15)7-8-16(19)21-12/h7-8,10-11,24H,3-6,9H2,1-2H3,(H,22,23)(H,25,26,27). The lowest BCUT2D eigenvalue weighted by molar-refractivity contribution is -0.432. The summed E-state index contributed by atoms with van der Waals surface area (Å²) < 4.78 is 37.9. The van der Waals surface area contributed by atoms with Crippen LogP contribution in [0.5, 0.6) is 0 Å². The minimum absolute atomic E-state index is 0.120. The maximum absolute atomic E-state index is 11.9. The number of nitrogens with zero attached hydrogens (tertiary/aromatic N) is 1. The van der Waals surface area contributed by atoms with Gasteiger partial charge in [-0.1, -0.05) is 30.9 Å². The van der Waals surface area contributed by atoms with E-state index in [1.54, 1.807) is 6.07 Å².